The summed E-state index contributed by atoms with van der Waals surface area (Å²) >= 11 is 1.46. The number of carbonyl (C=O) groups excluding carboxylic acids is 2. The zero-order valence-corrected chi connectivity index (χ0v) is 16.3. The summed E-state index contributed by atoms with van der Waals surface area (Å²) in [4.78, 5) is 28.5. The number of nitrogens with zero attached hydrogens (tertiary/aromatic N) is 3. The van der Waals surface area contributed by atoms with Gasteiger partial charge in [0.1, 0.15) is 10.7 Å². The number of aryl methyl sites for hydroxylation is 2. The highest BCUT2D eigenvalue weighted by molar-refractivity contribution is 7.13. The maximum Gasteiger partial charge on any atom is 0.270 e. The van der Waals surface area contributed by atoms with E-state index in [1.54, 1.807) is 5.38 Å². The molecular formula is C20H21N5O2S. The molecule has 0 aliphatic carbocycles. The number of nitrogens with two attached hydrogens (primary N) is 1. The summed E-state index contributed by atoms with van der Waals surface area (Å²) in [5.41, 5.74) is 9.37. The van der Waals surface area contributed by atoms with Crippen molar-refractivity contribution in [1.29, 1.82) is 0 Å². The third-order valence-electron chi connectivity index (χ3n) is 5.03. The fourth-order valence-electron chi connectivity index (χ4n) is 3.41. The van der Waals surface area contributed by atoms with Crippen molar-refractivity contribution in [2.45, 2.75) is 26.3 Å². The largest absolute Gasteiger partial charge is 0.365 e. The molecule has 7 nitrogen and oxygen atoms in total. The van der Waals surface area contributed by atoms with E-state index in [1.165, 1.54) is 23.1 Å². The van der Waals surface area contributed by atoms with E-state index in [4.69, 9.17) is 5.73 Å². The first-order valence-electron chi connectivity index (χ1n) is 9.16. The van der Waals surface area contributed by atoms with E-state index in [-0.39, 0.29) is 11.8 Å². The van der Waals surface area contributed by atoms with Crippen LogP contribution in [0.2, 0.25) is 0 Å². The molecule has 2 aromatic heterocycles. The standard InChI is InChI=1S/C20H21N5O2S/c1-12-2-4-14(5-3-12)20-24-16(11-28-20)19(27)22-9-13-6-7-25-17(8-13)15(10-23-25)18(21)26/h2-5,10-11,13H,6-9H2,1H3,(H2,21,26)(H,22,27)/t13-/m1/s1. The Morgan fingerprint density at radius 1 is 1.32 bits per heavy atom. The second-order valence-corrected chi connectivity index (χ2v) is 7.92. The molecule has 0 unspecified atom stereocenters. The number of rotatable bonds is 5. The van der Waals surface area contributed by atoms with Gasteiger partial charge in [-0.2, -0.15) is 5.10 Å². The van der Waals surface area contributed by atoms with Gasteiger partial charge in [0.25, 0.3) is 11.8 Å². The van der Waals surface area contributed by atoms with Crippen LogP contribution in [0.5, 0.6) is 0 Å². The summed E-state index contributed by atoms with van der Waals surface area (Å²) in [5.74, 6) is -0.401. The Kier molecular flexibility index (Phi) is 4.95. The van der Waals surface area contributed by atoms with E-state index in [9.17, 15) is 9.59 Å². The Bertz CT molecular complexity index is 1020. The topological polar surface area (TPSA) is 103 Å². The molecule has 1 atom stereocenters. The van der Waals surface area contributed by atoms with Gasteiger partial charge in [0, 0.05) is 24.0 Å². The third-order valence-corrected chi connectivity index (χ3v) is 5.92. The Labute approximate surface area is 166 Å². The normalized spacial score (nSPS) is 15.8. The third kappa shape index (κ3) is 3.68. The predicted octanol–water partition coefficient (Wildman–Crippen LogP) is 2.41. The molecule has 28 heavy (non-hydrogen) atoms. The van der Waals surface area contributed by atoms with Crippen molar-refractivity contribution in [3.05, 3.63) is 58.4 Å². The average molecular weight is 395 g/mol. The first-order valence-corrected chi connectivity index (χ1v) is 10.0. The molecule has 2 amide bonds. The van der Waals surface area contributed by atoms with Gasteiger partial charge in [-0.15, -0.1) is 11.3 Å². The van der Waals surface area contributed by atoms with Crippen LogP contribution >= 0.6 is 11.3 Å². The van der Waals surface area contributed by atoms with Crippen molar-refractivity contribution >= 4 is 23.2 Å². The fourth-order valence-corrected chi connectivity index (χ4v) is 4.22. The number of amides is 2. The van der Waals surface area contributed by atoms with Gasteiger partial charge in [-0.1, -0.05) is 29.8 Å². The van der Waals surface area contributed by atoms with Gasteiger partial charge in [-0.05, 0) is 25.7 Å². The molecule has 0 radical (unpaired) electrons. The number of hydrogen-bond acceptors (Lipinski definition) is 5. The highest BCUT2D eigenvalue weighted by atomic mass is 32.1. The van der Waals surface area contributed by atoms with Gasteiger partial charge in [0.05, 0.1) is 17.5 Å². The zero-order chi connectivity index (χ0) is 19.7. The van der Waals surface area contributed by atoms with E-state index in [2.05, 4.69) is 15.4 Å². The van der Waals surface area contributed by atoms with Gasteiger partial charge < -0.3 is 11.1 Å². The van der Waals surface area contributed by atoms with Crippen molar-refractivity contribution in [1.82, 2.24) is 20.1 Å². The summed E-state index contributed by atoms with van der Waals surface area (Å²) in [7, 11) is 0. The number of thiazole rings is 1. The molecule has 1 aromatic carbocycles. The van der Waals surface area contributed by atoms with Crippen molar-refractivity contribution in [2.24, 2.45) is 11.7 Å². The molecule has 3 N–H and O–H groups in total. The minimum absolute atomic E-state index is 0.177. The molecule has 1 aliphatic heterocycles. The second-order valence-electron chi connectivity index (χ2n) is 7.07. The number of primary amides is 1. The van der Waals surface area contributed by atoms with Crippen LogP contribution in [0.4, 0.5) is 0 Å². The summed E-state index contributed by atoms with van der Waals surface area (Å²) in [6, 6.07) is 8.09. The molecule has 0 fully saturated rings. The van der Waals surface area contributed by atoms with Gasteiger partial charge in [-0.3, -0.25) is 14.3 Å². The molecule has 1 aliphatic rings. The highest BCUT2D eigenvalue weighted by Crippen LogP contribution is 2.25. The lowest BCUT2D eigenvalue weighted by molar-refractivity contribution is 0.0937. The van der Waals surface area contributed by atoms with Crippen LogP contribution in [-0.2, 0) is 13.0 Å². The van der Waals surface area contributed by atoms with Crippen LogP contribution in [0.1, 0.15) is 38.5 Å². The molecule has 8 heteroatoms. The second kappa shape index (κ2) is 7.55. The molecular weight excluding hydrogens is 374 g/mol. The van der Waals surface area contributed by atoms with Crippen LogP contribution in [0, 0.1) is 12.8 Å². The lowest BCUT2D eigenvalue weighted by Gasteiger charge is -2.24. The van der Waals surface area contributed by atoms with Crippen LogP contribution in [0.3, 0.4) is 0 Å². The number of hydrogen-bond donors (Lipinski definition) is 2. The summed E-state index contributed by atoms with van der Waals surface area (Å²) < 4.78 is 1.83. The summed E-state index contributed by atoms with van der Waals surface area (Å²) in [6.45, 7) is 3.28. The minimum atomic E-state index is -0.461. The molecule has 144 valence electrons. The number of aromatic nitrogens is 3. The number of fused-ring (bicyclic) bond motifs is 1. The molecule has 3 aromatic rings. The molecule has 0 spiro atoms. The maximum absolute atomic E-state index is 12.5. The highest BCUT2D eigenvalue weighted by Gasteiger charge is 2.25. The molecule has 0 saturated heterocycles. The van der Waals surface area contributed by atoms with Crippen molar-refractivity contribution in [3.8, 4) is 10.6 Å². The number of benzene rings is 1. The van der Waals surface area contributed by atoms with Crippen molar-refractivity contribution in [2.75, 3.05) is 6.54 Å². The zero-order valence-electron chi connectivity index (χ0n) is 15.5. The quantitative estimate of drug-likeness (QED) is 0.692. The average Bonchev–Trinajstić information content (AvgIpc) is 3.33. The first kappa shape index (κ1) is 18.4. The van der Waals surface area contributed by atoms with E-state index in [1.807, 2.05) is 35.9 Å². The Balaban J connectivity index is 1.38. The van der Waals surface area contributed by atoms with Crippen molar-refractivity contribution in [3.63, 3.8) is 0 Å². The van der Waals surface area contributed by atoms with Crippen LogP contribution in [0.25, 0.3) is 10.6 Å². The van der Waals surface area contributed by atoms with Crippen molar-refractivity contribution < 1.29 is 9.59 Å². The van der Waals surface area contributed by atoms with Gasteiger partial charge in [0.15, 0.2) is 0 Å². The Morgan fingerprint density at radius 2 is 2.11 bits per heavy atom. The molecule has 4 rings (SSSR count). The predicted molar refractivity (Wildman–Crippen MR) is 107 cm³/mol. The minimum Gasteiger partial charge on any atom is -0.365 e. The van der Waals surface area contributed by atoms with Gasteiger partial charge >= 0.3 is 0 Å². The first-order chi connectivity index (χ1) is 13.5. The summed E-state index contributed by atoms with van der Waals surface area (Å²) in [6.07, 6.45) is 3.09. The van der Waals surface area contributed by atoms with E-state index >= 15 is 0 Å². The molecule has 0 bridgehead atoms. The Hall–Kier alpha value is -3.00. The number of nitrogens with one attached hydrogen (secondary N) is 1. The molecule has 3 heterocycles. The maximum atomic E-state index is 12.5. The molecule has 0 saturated carbocycles. The monoisotopic (exact) mass is 395 g/mol. The van der Waals surface area contributed by atoms with Crippen LogP contribution in [0.15, 0.2) is 35.8 Å². The lowest BCUT2D eigenvalue weighted by atomic mass is 9.94. The number of carbonyl (C=O) groups is 2. The smallest absolute Gasteiger partial charge is 0.270 e. The lowest BCUT2D eigenvalue weighted by Crippen LogP contribution is -2.34. The van der Waals surface area contributed by atoms with E-state index in [0.717, 1.165) is 29.2 Å². The Morgan fingerprint density at radius 3 is 2.86 bits per heavy atom. The van der Waals surface area contributed by atoms with E-state index < -0.39 is 5.91 Å². The van der Waals surface area contributed by atoms with E-state index in [0.29, 0.717) is 24.2 Å². The summed E-state index contributed by atoms with van der Waals surface area (Å²) in [5, 5.41) is 9.80. The fraction of sp³-hybridized carbons (Fsp3) is 0.300. The van der Waals surface area contributed by atoms with Gasteiger partial charge in [0.2, 0.25) is 0 Å². The SMILES string of the molecule is Cc1ccc(-c2nc(C(=O)NC[C@@H]3CCn4ncc(C(N)=O)c4C3)cs2)cc1. The van der Waals surface area contributed by atoms with Crippen LogP contribution < -0.4 is 11.1 Å². The van der Waals surface area contributed by atoms with Gasteiger partial charge in [-0.25, -0.2) is 4.98 Å². The van der Waals surface area contributed by atoms with Crippen LogP contribution in [-0.4, -0.2) is 33.1 Å².